The second-order valence-electron chi connectivity index (χ2n) is 6.86. The van der Waals surface area contributed by atoms with Crippen molar-refractivity contribution in [1.82, 2.24) is 9.80 Å². The second kappa shape index (κ2) is 7.03. The number of nitrogens with one attached hydrogen (secondary N) is 1. The van der Waals surface area contributed by atoms with Gasteiger partial charge in [0.1, 0.15) is 0 Å². The van der Waals surface area contributed by atoms with E-state index in [1.54, 1.807) is 30.2 Å². The molecular weight excluding hydrogens is 338 g/mol. The molecule has 3 amide bonds. The molecule has 1 aromatic carbocycles. The van der Waals surface area contributed by atoms with E-state index in [1.165, 1.54) is 0 Å². The average molecular weight is 361 g/mol. The maximum atomic E-state index is 12.8. The monoisotopic (exact) mass is 361 g/mol. The largest absolute Gasteiger partial charge is 0.454 e. The molecule has 26 heavy (non-hydrogen) atoms. The fraction of sp³-hybridized carbons (Fsp3) is 0.556. The van der Waals surface area contributed by atoms with E-state index in [-0.39, 0.29) is 30.7 Å². The molecule has 5 rings (SSSR count). The standard InChI is InChI=1S/C18H23N3O5/c1-24-7-6-21-14-4-2-12(17(21)22)9-20(10-14)18(23)19-13-3-5-15-16(8-13)26-11-25-15/h3,5,8,12,14H,2,4,6-7,9-11H2,1H3,(H,19,23). The molecule has 0 radical (unpaired) electrons. The zero-order valence-electron chi connectivity index (χ0n) is 14.8. The second-order valence-corrected chi connectivity index (χ2v) is 6.86. The lowest BCUT2D eigenvalue weighted by molar-refractivity contribution is -0.140. The first kappa shape index (κ1) is 17.0. The highest BCUT2D eigenvalue weighted by atomic mass is 16.7. The van der Waals surface area contributed by atoms with Crippen LogP contribution in [0.2, 0.25) is 0 Å². The molecule has 1 aromatic rings. The third-order valence-corrected chi connectivity index (χ3v) is 5.24. The number of carbonyl (C=O) groups excluding carboxylic acids is 2. The summed E-state index contributed by atoms with van der Waals surface area (Å²) in [5.41, 5.74) is 0.651. The van der Waals surface area contributed by atoms with Crippen molar-refractivity contribution >= 4 is 17.6 Å². The third kappa shape index (κ3) is 3.16. The van der Waals surface area contributed by atoms with Gasteiger partial charge in [-0.15, -0.1) is 0 Å². The van der Waals surface area contributed by atoms with Crippen LogP contribution in [-0.2, 0) is 9.53 Å². The summed E-state index contributed by atoms with van der Waals surface area (Å²) < 4.78 is 15.8. The maximum Gasteiger partial charge on any atom is 0.321 e. The first-order chi connectivity index (χ1) is 12.7. The first-order valence-electron chi connectivity index (χ1n) is 8.90. The van der Waals surface area contributed by atoms with Gasteiger partial charge in [-0.1, -0.05) is 0 Å². The van der Waals surface area contributed by atoms with Gasteiger partial charge >= 0.3 is 6.03 Å². The van der Waals surface area contributed by atoms with Gasteiger partial charge in [0.2, 0.25) is 12.7 Å². The summed E-state index contributed by atoms with van der Waals surface area (Å²) in [6.45, 7) is 2.28. The summed E-state index contributed by atoms with van der Waals surface area (Å²) in [6.07, 6.45) is 1.76. The van der Waals surface area contributed by atoms with Crippen molar-refractivity contribution in [3.8, 4) is 11.5 Å². The first-order valence-corrected chi connectivity index (χ1v) is 8.90. The van der Waals surface area contributed by atoms with E-state index in [0.29, 0.717) is 43.4 Å². The van der Waals surface area contributed by atoms with Gasteiger partial charge in [0, 0.05) is 44.5 Å². The van der Waals surface area contributed by atoms with E-state index in [0.717, 1.165) is 12.8 Å². The van der Waals surface area contributed by atoms with E-state index in [4.69, 9.17) is 14.2 Å². The summed E-state index contributed by atoms with van der Waals surface area (Å²) in [6, 6.07) is 5.18. The van der Waals surface area contributed by atoms with E-state index in [1.807, 2.05) is 4.90 Å². The van der Waals surface area contributed by atoms with Crippen molar-refractivity contribution in [3.05, 3.63) is 18.2 Å². The number of piperidine rings is 1. The minimum absolute atomic E-state index is 0.0545. The van der Waals surface area contributed by atoms with Gasteiger partial charge in [0.25, 0.3) is 0 Å². The number of benzene rings is 1. The minimum Gasteiger partial charge on any atom is -0.454 e. The third-order valence-electron chi connectivity index (χ3n) is 5.24. The molecule has 3 saturated heterocycles. The van der Waals surface area contributed by atoms with Crippen molar-refractivity contribution in [2.75, 3.05) is 45.5 Å². The van der Waals surface area contributed by atoms with Gasteiger partial charge < -0.3 is 29.3 Å². The number of rotatable bonds is 4. The summed E-state index contributed by atoms with van der Waals surface area (Å²) in [7, 11) is 1.63. The molecule has 4 heterocycles. The summed E-state index contributed by atoms with van der Waals surface area (Å²) in [5.74, 6) is 1.31. The highest BCUT2D eigenvalue weighted by molar-refractivity contribution is 5.91. The smallest absolute Gasteiger partial charge is 0.321 e. The number of fused-ring (bicyclic) bond motifs is 5. The van der Waals surface area contributed by atoms with Crippen LogP contribution < -0.4 is 14.8 Å². The van der Waals surface area contributed by atoms with Gasteiger partial charge in [0.05, 0.1) is 12.5 Å². The number of hydrogen-bond donors (Lipinski definition) is 1. The van der Waals surface area contributed by atoms with Crippen LogP contribution in [0.4, 0.5) is 10.5 Å². The molecule has 140 valence electrons. The lowest BCUT2D eigenvalue weighted by atomic mass is 9.94. The number of amides is 3. The van der Waals surface area contributed by atoms with Crippen molar-refractivity contribution in [1.29, 1.82) is 0 Å². The lowest BCUT2D eigenvalue weighted by Gasteiger charge is -2.35. The van der Waals surface area contributed by atoms with Crippen LogP contribution in [0.1, 0.15) is 12.8 Å². The van der Waals surface area contributed by atoms with Crippen molar-refractivity contribution in [2.45, 2.75) is 18.9 Å². The fourth-order valence-corrected chi connectivity index (χ4v) is 3.87. The van der Waals surface area contributed by atoms with Crippen LogP contribution >= 0.6 is 0 Å². The van der Waals surface area contributed by atoms with Gasteiger partial charge in [-0.25, -0.2) is 4.79 Å². The average Bonchev–Trinajstić information content (AvgIpc) is 2.93. The zero-order valence-corrected chi connectivity index (χ0v) is 14.8. The summed E-state index contributed by atoms with van der Waals surface area (Å²) >= 11 is 0. The summed E-state index contributed by atoms with van der Waals surface area (Å²) in [4.78, 5) is 29.0. The Balaban J connectivity index is 1.44. The Morgan fingerprint density at radius 1 is 1.27 bits per heavy atom. The lowest BCUT2D eigenvalue weighted by Crippen LogP contribution is -2.49. The highest BCUT2D eigenvalue weighted by Gasteiger charge is 2.41. The molecule has 0 aromatic heterocycles. The van der Waals surface area contributed by atoms with Crippen LogP contribution in [0, 0.1) is 5.92 Å². The molecule has 4 aliphatic rings. The maximum absolute atomic E-state index is 12.8. The molecule has 0 aliphatic carbocycles. The quantitative estimate of drug-likeness (QED) is 0.879. The number of carbonyl (C=O) groups is 2. The molecule has 2 atom stereocenters. The van der Waals surface area contributed by atoms with Crippen LogP contribution in [0.5, 0.6) is 11.5 Å². The minimum atomic E-state index is -0.192. The van der Waals surface area contributed by atoms with Crippen LogP contribution in [0.25, 0.3) is 0 Å². The molecule has 3 fully saturated rings. The predicted octanol–water partition coefficient (Wildman–Crippen LogP) is 1.52. The molecule has 0 saturated carbocycles. The number of anilines is 1. The van der Waals surface area contributed by atoms with Crippen molar-refractivity contribution < 1.29 is 23.8 Å². The zero-order chi connectivity index (χ0) is 18.1. The van der Waals surface area contributed by atoms with E-state index in [2.05, 4.69) is 5.32 Å². The highest BCUT2D eigenvalue weighted by Crippen LogP contribution is 2.34. The summed E-state index contributed by atoms with van der Waals surface area (Å²) in [5, 5.41) is 2.91. The normalized spacial score (nSPS) is 24.0. The Labute approximate surface area is 152 Å². The molecule has 8 nitrogen and oxygen atoms in total. The van der Waals surface area contributed by atoms with Crippen LogP contribution in [0.15, 0.2) is 18.2 Å². The molecule has 8 heteroatoms. The molecule has 2 unspecified atom stereocenters. The Hall–Kier alpha value is -2.48. The Morgan fingerprint density at radius 2 is 2.12 bits per heavy atom. The molecule has 4 aliphatic heterocycles. The fourth-order valence-electron chi connectivity index (χ4n) is 3.87. The van der Waals surface area contributed by atoms with E-state index in [9.17, 15) is 9.59 Å². The number of urea groups is 1. The van der Waals surface area contributed by atoms with Gasteiger partial charge in [0.15, 0.2) is 11.5 Å². The van der Waals surface area contributed by atoms with E-state index >= 15 is 0 Å². The Morgan fingerprint density at radius 3 is 2.96 bits per heavy atom. The number of ether oxygens (including phenoxy) is 3. The Bertz CT molecular complexity index is 710. The topological polar surface area (TPSA) is 80.3 Å². The van der Waals surface area contributed by atoms with Gasteiger partial charge in [-0.05, 0) is 25.0 Å². The number of methoxy groups -OCH3 is 1. The van der Waals surface area contributed by atoms with Gasteiger partial charge in [-0.2, -0.15) is 0 Å². The molecule has 1 N–H and O–H groups in total. The van der Waals surface area contributed by atoms with Crippen molar-refractivity contribution in [3.63, 3.8) is 0 Å². The molecular formula is C18H23N3O5. The van der Waals surface area contributed by atoms with Crippen LogP contribution in [-0.4, -0.2) is 67.9 Å². The molecule has 0 spiro atoms. The predicted molar refractivity (Wildman–Crippen MR) is 93.3 cm³/mol. The van der Waals surface area contributed by atoms with Crippen molar-refractivity contribution in [2.24, 2.45) is 5.92 Å². The van der Waals surface area contributed by atoms with Gasteiger partial charge in [-0.3, -0.25) is 4.79 Å². The van der Waals surface area contributed by atoms with Crippen LogP contribution in [0.3, 0.4) is 0 Å². The Kier molecular flexibility index (Phi) is 4.58. The number of hydrogen-bond acceptors (Lipinski definition) is 5. The van der Waals surface area contributed by atoms with E-state index < -0.39 is 0 Å². The number of nitrogens with zero attached hydrogens (tertiary/aromatic N) is 2. The SMILES string of the molecule is COCCN1C(=O)C2CCC1CN(C(=O)Nc1ccc3c(c1)OCO3)C2. The molecule has 2 bridgehead atoms.